The molecule has 1 unspecified atom stereocenters. The van der Waals surface area contributed by atoms with Crippen molar-refractivity contribution in [3.05, 3.63) is 71.8 Å². The minimum Gasteiger partial charge on any atom is -0.445 e. The van der Waals surface area contributed by atoms with E-state index in [1.807, 2.05) is 60.7 Å². The average molecular weight is 340 g/mol. The molecule has 0 aromatic heterocycles. The Kier molecular flexibility index (Phi) is 7.91. The summed E-state index contributed by atoms with van der Waals surface area (Å²) in [6.45, 7) is 0.864. The Morgan fingerprint density at radius 2 is 1.60 bits per heavy atom. The lowest BCUT2D eigenvalue weighted by atomic mass is 10.2. The van der Waals surface area contributed by atoms with Crippen molar-refractivity contribution in [2.75, 3.05) is 13.2 Å². The van der Waals surface area contributed by atoms with Gasteiger partial charge in [-0.1, -0.05) is 60.7 Å². The molecule has 6 nitrogen and oxygen atoms in total. The predicted molar refractivity (Wildman–Crippen MR) is 92.6 cm³/mol. The average Bonchev–Trinajstić information content (AvgIpc) is 2.66. The van der Waals surface area contributed by atoms with Crippen molar-refractivity contribution < 1.29 is 19.1 Å². The second-order valence-corrected chi connectivity index (χ2v) is 5.34. The molecule has 2 rings (SSSR count). The number of benzene rings is 2. The van der Waals surface area contributed by atoms with Crippen LogP contribution in [0, 0.1) is 0 Å². The molecule has 0 heterocycles. The van der Waals surface area contributed by atoms with Crippen molar-refractivity contribution in [1.29, 1.82) is 0 Å². The van der Waals surface area contributed by atoms with Crippen LogP contribution in [0.5, 0.6) is 0 Å². The molecule has 130 valence electrons. The minimum atomic E-state index is -0.585. The van der Waals surface area contributed by atoms with Gasteiger partial charge in [-0.2, -0.15) is 0 Å². The Labute approximate surface area is 146 Å². The maximum atomic E-state index is 11.9. The number of ether oxygens (including phenoxy) is 2. The molecule has 0 saturated carbocycles. The van der Waals surface area contributed by atoms with E-state index in [1.54, 1.807) is 0 Å². The molecule has 6 heteroatoms. The summed E-state index contributed by atoms with van der Waals surface area (Å²) in [7, 11) is 0. The number of carbonyl (C=O) groups is 1. The molecule has 25 heavy (non-hydrogen) atoms. The highest BCUT2D eigenvalue weighted by atomic mass is 16.5. The number of hydrogen-bond acceptors (Lipinski definition) is 5. The van der Waals surface area contributed by atoms with E-state index in [0.717, 1.165) is 11.1 Å². The Bertz CT molecular complexity index is 685. The Balaban J connectivity index is 1.77. The van der Waals surface area contributed by atoms with Gasteiger partial charge in [-0.3, -0.25) is 0 Å². The van der Waals surface area contributed by atoms with Crippen molar-refractivity contribution in [2.45, 2.75) is 19.3 Å². The van der Waals surface area contributed by atoms with E-state index >= 15 is 0 Å². The zero-order chi connectivity index (χ0) is 17.7. The van der Waals surface area contributed by atoms with E-state index in [1.165, 1.54) is 6.08 Å². The fraction of sp³-hybridized carbons (Fsp3) is 0.263. The monoisotopic (exact) mass is 340 g/mol. The van der Waals surface area contributed by atoms with Crippen LogP contribution in [0.4, 0.5) is 4.79 Å². The van der Waals surface area contributed by atoms with Crippen LogP contribution >= 0.6 is 0 Å². The molecule has 0 aliphatic rings. The maximum Gasteiger partial charge on any atom is 0.407 e. The van der Waals surface area contributed by atoms with Gasteiger partial charge in [-0.25, -0.2) is 14.6 Å². The summed E-state index contributed by atoms with van der Waals surface area (Å²) in [4.78, 5) is 25.7. The lowest BCUT2D eigenvalue weighted by Crippen LogP contribution is -2.40. The largest absolute Gasteiger partial charge is 0.445 e. The van der Waals surface area contributed by atoms with Gasteiger partial charge in [-0.05, 0) is 11.1 Å². The van der Waals surface area contributed by atoms with Crippen molar-refractivity contribution >= 4 is 12.2 Å². The lowest BCUT2D eigenvalue weighted by Gasteiger charge is -2.16. The minimum absolute atomic E-state index is 0.0821. The highest BCUT2D eigenvalue weighted by molar-refractivity contribution is 5.67. The highest BCUT2D eigenvalue weighted by Gasteiger charge is 2.13. The van der Waals surface area contributed by atoms with Crippen LogP contribution in [0.3, 0.4) is 0 Å². The van der Waals surface area contributed by atoms with Crippen LogP contribution in [0.2, 0.25) is 0 Å². The van der Waals surface area contributed by atoms with Crippen LogP contribution in [0.25, 0.3) is 0 Å². The Hall–Kier alpha value is -2.95. The van der Waals surface area contributed by atoms with Crippen molar-refractivity contribution in [3.8, 4) is 0 Å². The van der Waals surface area contributed by atoms with Gasteiger partial charge >= 0.3 is 6.09 Å². The van der Waals surface area contributed by atoms with E-state index in [9.17, 15) is 9.59 Å². The van der Waals surface area contributed by atoms with Crippen molar-refractivity contribution in [3.63, 3.8) is 0 Å². The molecule has 0 bridgehead atoms. The molecule has 1 amide bonds. The summed E-state index contributed by atoms with van der Waals surface area (Å²) in [5.74, 6) is 0. The number of nitrogens with one attached hydrogen (secondary N) is 1. The van der Waals surface area contributed by atoms with Gasteiger partial charge in [0.1, 0.15) is 6.61 Å². The number of rotatable bonds is 9. The van der Waals surface area contributed by atoms with E-state index in [0.29, 0.717) is 6.61 Å². The SMILES string of the molecule is O=C=NCC(COCc1ccccc1)NC(=O)OCc1ccccc1. The van der Waals surface area contributed by atoms with Crippen LogP contribution < -0.4 is 5.32 Å². The van der Waals surface area contributed by atoms with Gasteiger partial charge in [0.2, 0.25) is 6.08 Å². The maximum absolute atomic E-state index is 11.9. The van der Waals surface area contributed by atoms with E-state index < -0.39 is 12.1 Å². The number of alkyl carbamates (subject to hydrolysis) is 1. The molecule has 0 saturated heterocycles. The van der Waals surface area contributed by atoms with Crippen molar-refractivity contribution in [1.82, 2.24) is 5.32 Å². The topological polar surface area (TPSA) is 77.0 Å². The van der Waals surface area contributed by atoms with Gasteiger partial charge in [-0.15, -0.1) is 0 Å². The third-order valence-corrected chi connectivity index (χ3v) is 3.34. The molecule has 1 atom stereocenters. The highest BCUT2D eigenvalue weighted by Crippen LogP contribution is 2.03. The predicted octanol–water partition coefficient (Wildman–Crippen LogP) is 2.83. The molecule has 1 N–H and O–H groups in total. The zero-order valence-electron chi connectivity index (χ0n) is 13.8. The van der Waals surface area contributed by atoms with Gasteiger partial charge < -0.3 is 14.8 Å². The number of hydrogen-bond donors (Lipinski definition) is 1. The third kappa shape index (κ3) is 7.44. The summed E-state index contributed by atoms with van der Waals surface area (Å²) in [6.07, 6.45) is 0.880. The summed E-state index contributed by atoms with van der Waals surface area (Å²) in [5, 5.41) is 2.65. The second kappa shape index (κ2) is 10.8. The van der Waals surface area contributed by atoms with Gasteiger partial charge in [0, 0.05) is 0 Å². The first-order chi connectivity index (χ1) is 12.3. The van der Waals surface area contributed by atoms with Crippen LogP contribution in [-0.2, 0) is 27.5 Å². The fourth-order valence-corrected chi connectivity index (χ4v) is 2.11. The second-order valence-electron chi connectivity index (χ2n) is 5.34. The molecule has 0 aliphatic carbocycles. The molecule has 0 fully saturated rings. The van der Waals surface area contributed by atoms with Crippen LogP contribution in [0.15, 0.2) is 65.7 Å². The third-order valence-electron chi connectivity index (χ3n) is 3.34. The van der Waals surface area contributed by atoms with E-state index in [-0.39, 0.29) is 19.8 Å². The molecule has 0 spiro atoms. The quantitative estimate of drug-likeness (QED) is 0.562. The van der Waals surface area contributed by atoms with Gasteiger partial charge in [0.05, 0.1) is 25.8 Å². The molecule has 0 radical (unpaired) electrons. The normalized spacial score (nSPS) is 11.2. The van der Waals surface area contributed by atoms with E-state index in [2.05, 4.69) is 10.3 Å². The number of isocyanates is 1. The number of aliphatic imine (C=N–C) groups is 1. The fourth-order valence-electron chi connectivity index (χ4n) is 2.11. The molecule has 2 aromatic carbocycles. The first-order valence-electron chi connectivity index (χ1n) is 7.90. The first-order valence-corrected chi connectivity index (χ1v) is 7.90. The molecule has 0 aliphatic heterocycles. The van der Waals surface area contributed by atoms with Crippen LogP contribution in [-0.4, -0.2) is 31.4 Å². The molecular weight excluding hydrogens is 320 g/mol. The van der Waals surface area contributed by atoms with Crippen LogP contribution in [0.1, 0.15) is 11.1 Å². The molecule has 2 aromatic rings. The number of carbonyl (C=O) groups excluding carboxylic acids is 2. The summed E-state index contributed by atoms with van der Waals surface area (Å²) < 4.78 is 10.7. The first kappa shape index (κ1) is 18.4. The Morgan fingerprint density at radius 3 is 2.20 bits per heavy atom. The number of nitrogens with zero attached hydrogens (tertiary/aromatic N) is 1. The smallest absolute Gasteiger partial charge is 0.407 e. The standard InChI is InChI=1S/C19H20N2O4/c22-15-20-11-18(14-24-12-16-7-3-1-4-8-16)21-19(23)25-13-17-9-5-2-6-10-17/h1-10,18H,11-14H2,(H,21,23). The van der Waals surface area contributed by atoms with Gasteiger partial charge in [0.15, 0.2) is 0 Å². The Morgan fingerprint density at radius 1 is 1.00 bits per heavy atom. The summed E-state index contributed by atoms with van der Waals surface area (Å²) >= 11 is 0. The lowest BCUT2D eigenvalue weighted by molar-refractivity contribution is 0.0906. The van der Waals surface area contributed by atoms with Crippen molar-refractivity contribution in [2.24, 2.45) is 4.99 Å². The molecular formula is C19H20N2O4. The summed E-state index contributed by atoms with van der Waals surface area (Å²) in [6, 6.07) is 18.6. The number of amides is 1. The zero-order valence-corrected chi connectivity index (χ0v) is 13.8. The van der Waals surface area contributed by atoms with Gasteiger partial charge in [0.25, 0.3) is 0 Å². The summed E-state index contributed by atoms with van der Waals surface area (Å²) in [5.41, 5.74) is 1.91. The van der Waals surface area contributed by atoms with E-state index in [4.69, 9.17) is 9.47 Å².